The van der Waals surface area contributed by atoms with Crippen molar-refractivity contribution in [2.45, 2.75) is 65.5 Å². The van der Waals surface area contributed by atoms with Crippen molar-refractivity contribution in [3.63, 3.8) is 0 Å². The lowest BCUT2D eigenvalue weighted by atomic mass is 10.0. The third-order valence-corrected chi connectivity index (χ3v) is 7.86. The Morgan fingerprint density at radius 3 is 1.47 bits per heavy atom. The van der Waals surface area contributed by atoms with Crippen LogP contribution in [0.5, 0.6) is 0 Å². The lowest BCUT2D eigenvalue weighted by molar-refractivity contribution is 0.221. The summed E-state index contributed by atoms with van der Waals surface area (Å²) in [5.41, 5.74) is 8.71. The summed E-state index contributed by atoms with van der Waals surface area (Å²) in [4.78, 5) is 14.8. The Morgan fingerprint density at radius 2 is 1.06 bits per heavy atom. The zero-order chi connectivity index (χ0) is 24.5. The molecule has 6 nitrogen and oxygen atoms in total. The molecule has 0 amide bonds. The van der Waals surface area contributed by atoms with E-state index in [1.165, 1.54) is 60.8 Å². The van der Waals surface area contributed by atoms with E-state index in [0.717, 1.165) is 61.5 Å². The zero-order valence-corrected chi connectivity index (χ0v) is 21.6. The van der Waals surface area contributed by atoms with E-state index in [1.54, 1.807) is 0 Å². The number of aryl methyl sites for hydroxylation is 2. The van der Waals surface area contributed by atoms with Crippen LogP contribution in [-0.2, 0) is 13.1 Å². The van der Waals surface area contributed by atoms with Crippen LogP contribution in [0.2, 0.25) is 0 Å². The molecule has 2 aliphatic heterocycles. The van der Waals surface area contributed by atoms with Crippen LogP contribution in [0.15, 0.2) is 33.1 Å². The van der Waals surface area contributed by atoms with E-state index in [2.05, 4.69) is 35.8 Å². The number of oxazole rings is 2. The van der Waals surface area contributed by atoms with Crippen molar-refractivity contribution in [3.05, 3.63) is 58.3 Å². The third kappa shape index (κ3) is 4.84. The Labute approximate surface area is 213 Å². The SMILES string of the molecule is Cc1ccc2oc(/C=C/c3nc4c(CN5CCCCC5)c(C)ccc4o3)nc2c1CN1CCCCC1. The topological polar surface area (TPSA) is 58.5 Å². The van der Waals surface area contributed by atoms with Crippen LogP contribution >= 0.6 is 0 Å². The Hall–Kier alpha value is -2.96. The molecule has 0 unspecified atom stereocenters. The second-order valence-corrected chi connectivity index (χ2v) is 10.5. The van der Waals surface area contributed by atoms with Crippen LogP contribution in [0.25, 0.3) is 34.4 Å². The number of nitrogens with zero attached hydrogens (tertiary/aromatic N) is 4. The maximum Gasteiger partial charge on any atom is 0.220 e. The summed E-state index contributed by atoms with van der Waals surface area (Å²) >= 11 is 0. The number of fused-ring (bicyclic) bond motifs is 2. The minimum Gasteiger partial charge on any atom is -0.437 e. The average Bonchev–Trinajstić information content (AvgIpc) is 3.52. The molecule has 2 aromatic heterocycles. The smallest absolute Gasteiger partial charge is 0.220 e. The largest absolute Gasteiger partial charge is 0.437 e. The van der Waals surface area contributed by atoms with Crippen LogP contribution in [0, 0.1) is 13.8 Å². The maximum absolute atomic E-state index is 6.10. The van der Waals surface area contributed by atoms with Gasteiger partial charge in [0.25, 0.3) is 0 Å². The van der Waals surface area contributed by atoms with E-state index in [-0.39, 0.29) is 0 Å². The lowest BCUT2D eigenvalue weighted by Gasteiger charge is -2.27. The van der Waals surface area contributed by atoms with Gasteiger partial charge >= 0.3 is 0 Å². The highest BCUT2D eigenvalue weighted by atomic mass is 16.4. The van der Waals surface area contributed by atoms with Crippen molar-refractivity contribution in [2.75, 3.05) is 26.2 Å². The first-order chi connectivity index (χ1) is 17.6. The number of hydrogen-bond acceptors (Lipinski definition) is 6. The molecule has 2 aromatic carbocycles. The van der Waals surface area contributed by atoms with E-state index in [4.69, 9.17) is 18.8 Å². The quantitative estimate of drug-likeness (QED) is 0.302. The molecular formula is C30H36N4O2. The van der Waals surface area contributed by atoms with Crippen molar-refractivity contribution >= 4 is 34.4 Å². The van der Waals surface area contributed by atoms with Gasteiger partial charge in [-0.15, -0.1) is 0 Å². The summed E-state index contributed by atoms with van der Waals surface area (Å²) in [6.45, 7) is 10.9. The first kappa shape index (κ1) is 23.4. The fourth-order valence-corrected chi connectivity index (χ4v) is 5.70. The molecule has 0 aliphatic carbocycles. The third-order valence-electron chi connectivity index (χ3n) is 7.86. The minimum absolute atomic E-state index is 0.586. The molecule has 36 heavy (non-hydrogen) atoms. The van der Waals surface area contributed by atoms with Crippen LogP contribution in [0.1, 0.15) is 72.6 Å². The van der Waals surface area contributed by atoms with E-state index in [1.807, 2.05) is 24.3 Å². The Balaban J connectivity index is 1.26. The predicted molar refractivity (Wildman–Crippen MR) is 145 cm³/mol. The Morgan fingerprint density at radius 1 is 0.639 bits per heavy atom. The van der Waals surface area contributed by atoms with Gasteiger partial charge in [-0.3, -0.25) is 9.80 Å². The van der Waals surface area contributed by atoms with Crippen LogP contribution < -0.4 is 0 Å². The normalized spacial score (nSPS) is 18.2. The van der Waals surface area contributed by atoms with Gasteiger partial charge in [0.1, 0.15) is 11.0 Å². The Bertz CT molecular complexity index is 1280. The molecule has 0 saturated carbocycles. The molecular weight excluding hydrogens is 448 g/mol. The zero-order valence-electron chi connectivity index (χ0n) is 21.6. The van der Waals surface area contributed by atoms with Gasteiger partial charge in [-0.05, 0) is 100 Å². The molecule has 188 valence electrons. The van der Waals surface area contributed by atoms with Gasteiger partial charge in [-0.1, -0.05) is 25.0 Å². The van der Waals surface area contributed by atoms with Crippen molar-refractivity contribution in [2.24, 2.45) is 0 Å². The van der Waals surface area contributed by atoms with Crippen molar-refractivity contribution < 1.29 is 8.83 Å². The molecule has 2 aliphatic rings. The first-order valence-electron chi connectivity index (χ1n) is 13.5. The minimum atomic E-state index is 0.586. The second kappa shape index (κ2) is 10.2. The van der Waals surface area contributed by atoms with Gasteiger partial charge in [0, 0.05) is 25.2 Å². The first-order valence-corrected chi connectivity index (χ1v) is 13.5. The number of rotatable bonds is 6. The highest BCUT2D eigenvalue weighted by Crippen LogP contribution is 2.28. The Kier molecular flexibility index (Phi) is 6.63. The van der Waals surface area contributed by atoms with Crippen LogP contribution in [0.3, 0.4) is 0 Å². The standard InChI is InChI=1S/C30H36N4O2/c1-21-9-11-25-29(23(21)19-33-15-5-3-6-16-33)31-27(35-25)13-14-28-32-30-24(20-34-17-7-4-8-18-34)22(2)10-12-26(30)36-28/h9-14H,3-8,15-20H2,1-2H3/b14-13+. The van der Waals surface area contributed by atoms with Gasteiger partial charge in [-0.25, -0.2) is 9.97 Å². The monoisotopic (exact) mass is 484 g/mol. The fraction of sp³-hybridized carbons (Fsp3) is 0.467. The highest BCUT2D eigenvalue weighted by Gasteiger charge is 2.18. The molecule has 4 heterocycles. The number of aromatic nitrogens is 2. The molecule has 6 rings (SSSR count). The fourth-order valence-electron chi connectivity index (χ4n) is 5.70. The van der Waals surface area contributed by atoms with E-state index in [0.29, 0.717) is 11.8 Å². The summed E-state index contributed by atoms with van der Waals surface area (Å²) < 4.78 is 12.2. The van der Waals surface area contributed by atoms with Crippen LogP contribution in [-0.4, -0.2) is 45.9 Å². The van der Waals surface area contributed by atoms with E-state index in [9.17, 15) is 0 Å². The summed E-state index contributed by atoms with van der Waals surface area (Å²) in [5.74, 6) is 1.17. The van der Waals surface area contributed by atoms with Crippen LogP contribution in [0.4, 0.5) is 0 Å². The van der Waals surface area contributed by atoms with Gasteiger partial charge in [0.15, 0.2) is 11.2 Å². The molecule has 0 N–H and O–H groups in total. The maximum atomic E-state index is 6.10. The van der Waals surface area contributed by atoms with Gasteiger partial charge in [0.2, 0.25) is 11.8 Å². The summed E-state index contributed by atoms with van der Waals surface area (Å²) in [7, 11) is 0. The molecule has 0 spiro atoms. The molecule has 0 bridgehead atoms. The second-order valence-electron chi connectivity index (χ2n) is 10.5. The van der Waals surface area contributed by atoms with E-state index < -0.39 is 0 Å². The number of benzene rings is 2. The summed E-state index contributed by atoms with van der Waals surface area (Å²) in [6, 6.07) is 8.36. The van der Waals surface area contributed by atoms with Crippen molar-refractivity contribution in [3.8, 4) is 0 Å². The van der Waals surface area contributed by atoms with Crippen molar-refractivity contribution in [1.82, 2.24) is 19.8 Å². The van der Waals surface area contributed by atoms with E-state index >= 15 is 0 Å². The highest BCUT2D eigenvalue weighted by molar-refractivity contribution is 5.82. The molecule has 2 fully saturated rings. The molecule has 2 saturated heterocycles. The molecule has 0 radical (unpaired) electrons. The molecule has 0 atom stereocenters. The van der Waals surface area contributed by atoms with Gasteiger partial charge in [-0.2, -0.15) is 0 Å². The van der Waals surface area contributed by atoms with Gasteiger partial charge in [0.05, 0.1) is 0 Å². The number of piperidine rings is 2. The van der Waals surface area contributed by atoms with Crippen molar-refractivity contribution in [1.29, 1.82) is 0 Å². The van der Waals surface area contributed by atoms with Gasteiger partial charge < -0.3 is 8.83 Å². The lowest BCUT2D eigenvalue weighted by Crippen LogP contribution is -2.29. The number of likely N-dealkylation sites (tertiary alicyclic amines) is 2. The summed E-state index contributed by atoms with van der Waals surface area (Å²) in [5, 5.41) is 0. The number of hydrogen-bond donors (Lipinski definition) is 0. The molecule has 4 aromatic rings. The summed E-state index contributed by atoms with van der Waals surface area (Å²) in [6.07, 6.45) is 11.6. The molecule has 6 heteroatoms. The average molecular weight is 485 g/mol. The predicted octanol–water partition coefficient (Wildman–Crippen LogP) is 6.73.